The maximum Gasteiger partial charge on any atom is 0.229 e. The lowest BCUT2D eigenvalue weighted by molar-refractivity contribution is 0.590. The van der Waals surface area contributed by atoms with Crippen LogP contribution in [0.3, 0.4) is 0 Å². The zero-order chi connectivity index (χ0) is 29.3. The van der Waals surface area contributed by atoms with Crippen LogP contribution in [0.25, 0.3) is 44.8 Å². The lowest BCUT2D eigenvalue weighted by Gasteiger charge is -2.19. The number of aromatic nitrogens is 1. The first-order chi connectivity index (χ1) is 20.3. The number of fused-ring (bicyclic) bond motifs is 1. The van der Waals surface area contributed by atoms with E-state index < -0.39 is 0 Å². The summed E-state index contributed by atoms with van der Waals surface area (Å²) in [5.74, 6) is 1.05. The van der Waals surface area contributed by atoms with E-state index in [1.54, 1.807) is 0 Å². The Morgan fingerprint density at radius 2 is 1.38 bits per heavy atom. The summed E-state index contributed by atoms with van der Waals surface area (Å²) in [6.07, 6.45) is 1.92. The molecule has 5 aromatic carbocycles. The maximum absolute atomic E-state index is 6.34. The van der Waals surface area contributed by atoms with Crippen molar-refractivity contribution in [2.24, 2.45) is 4.99 Å². The summed E-state index contributed by atoms with van der Waals surface area (Å²) in [5, 5.41) is 0. The quantitative estimate of drug-likeness (QED) is 0.194. The summed E-state index contributed by atoms with van der Waals surface area (Å²) in [6.45, 7) is 11.1. The minimum absolute atomic E-state index is 0.0787. The predicted molar refractivity (Wildman–Crippen MR) is 177 cm³/mol. The second-order valence-electron chi connectivity index (χ2n) is 12.2. The summed E-state index contributed by atoms with van der Waals surface area (Å²) >= 11 is 0. The van der Waals surface area contributed by atoms with Gasteiger partial charge in [-0.25, -0.2) is 4.98 Å². The minimum Gasteiger partial charge on any atom is -0.436 e. The first-order valence-electron chi connectivity index (χ1n) is 14.6. The number of aliphatic imine (C=N–C) groups is 1. The predicted octanol–water partition coefficient (Wildman–Crippen LogP) is 11.0. The highest BCUT2D eigenvalue weighted by molar-refractivity contribution is 5.94. The number of oxazole rings is 1. The van der Waals surface area contributed by atoms with E-state index in [1.165, 1.54) is 22.3 Å². The molecular formula is C39H36N2O. The third-order valence-electron chi connectivity index (χ3n) is 7.72. The Kier molecular flexibility index (Phi) is 7.34. The van der Waals surface area contributed by atoms with Gasteiger partial charge < -0.3 is 4.42 Å². The summed E-state index contributed by atoms with van der Waals surface area (Å²) < 4.78 is 6.34. The van der Waals surface area contributed by atoms with Gasteiger partial charge in [0.2, 0.25) is 5.89 Å². The molecule has 6 rings (SSSR count). The second-order valence-corrected chi connectivity index (χ2v) is 12.2. The smallest absolute Gasteiger partial charge is 0.229 e. The number of benzene rings is 5. The molecule has 208 valence electrons. The third-order valence-corrected chi connectivity index (χ3v) is 7.72. The molecule has 0 aliphatic carbocycles. The van der Waals surface area contributed by atoms with Gasteiger partial charge in [0.05, 0.1) is 11.3 Å². The number of rotatable bonds is 6. The molecule has 0 unspecified atom stereocenters. The monoisotopic (exact) mass is 548 g/mol. The van der Waals surface area contributed by atoms with Gasteiger partial charge in [0.25, 0.3) is 0 Å². The van der Waals surface area contributed by atoms with Gasteiger partial charge in [0, 0.05) is 11.8 Å². The average molecular weight is 549 g/mol. The van der Waals surface area contributed by atoms with Crippen LogP contribution in [0.5, 0.6) is 0 Å². The number of hydrogen-bond donors (Lipinski definition) is 0. The standard InChI is InChI=1S/C39H36N2O/c1-26(2)28-13-9-14-29(23-28)30-15-10-16-31(24-30)33-19-11-21-36-37(33)41-38(42-36)34-18-6-7-20-35(34)40-25-27-12-8-17-32(22-27)39(3,4)5/h6-26H,1-5H3. The van der Waals surface area contributed by atoms with Gasteiger partial charge in [-0.2, -0.15) is 0 Å². The molecule has 42 heavy (non-hydrogen) atoms. The van der Waals surface area contributed by atoms with Gasteiger partial charge in [-0.05, 0) is 75.0 Å². The Hall–Kier alpha value is -4.76. The van der Waals surface area contributed by atoms with E-state index in [-0.39, 0.29) is 5.41 Å². The molecule has 0 amide bonds. The van der Waals surface area contributed by atoms with Crippen LogP contribution < -0.4 is 0 Å². The van der Waals surface area contributed by atoms with Crippen LogP contribution >= 0.6 is 0 Å². The van der Waals surface area contributed by atoms with Crippen molar-refractivity contribution in [2.45, 2.75) is 46.0 Å². The summed E-state index contributed by atoms with van der Waals surface area (Å²) in [6, 6.07) is 40.2. The molecule has 0 saturated carbocycles. The zero-order valence-electron chi connectivity index (χ0n) is 24.9. The molecular weight excluding hydrogens is 512 g/mol. The minimum atomic E-state index is 0.0787. The fraction of sp³-hybridized carbons (Fsp3) is 0.179. The van der Waals surface area contributed by atoms with E-state index in [4.69, 9.17) is 14.4 Å². The molecule has 6 aromatic rings. The molecule has 1 heterocycles. The highest BCUT2D eigenvalue weighted by Crippen LogP contribution is 2.36. The molecule has 1 aromatic heterocycles. The first-order valence-corrected chi connectivity index (χ1v) is 14.6. The Morgan fingerprint density at radius 3 is 2.19 bits per heavy atom. The van der Waals surface area contributed by atoms with Crippen LogP contribution in [0.2, 0.25) is 0 Å². The van der Waals surface area contributed by atoms with E-state index in [9.17, 15) is 0 Å². The van der Waals surface area contributed by atoms with Gasteiger partial charge in [0.1, 0.15) is 5.52 Å². The van der Waals surface area contributed by atoms with Crippen molar-refractivity contribution in [2.75, 3.05) is 0 Å². The van der Waals surface area contributed by atoms with E-state index >= 15 is 0 Å². The number of hydrogen-bond acceptors (Lipinski definition) is 3. The van der Waals surface area contributed by atoms with Crippen LogP contribution in [0.1, 0.15) is 57.2 Å². The van der Waals surface area contributed by atoms with Gasteiger partial charge in [0.15, 0.2) is 5.58 Å². The van der Waals surface area contributed by atoms with E-state index in [0.29, 0.717) is 11.8 Å². The highest BCUT2D eigenvalue weighted by atomic mass is 16.3. The molecule has 0 fully saturated rings. The van der Waals surface area contributed by atoms with E-state index in [2.05, 4.69) is 113 Å². The summed E-state index contributed by atoms with van der Waals surface area (Å²) in [4.78, 5) is 9.89. The van der Waals surface area contributed by atoms with E-state index in [0.717, 1.165) is 39.0 Å². The van der Waals surface area contributed by atoms with Crippen molar-refractivity contribution >= 4 is 23.0 Å². The van der Waals surface area contributed by atoms with Crippen molar-refractivity contribution in [3.63, 3.8) is 0 Å². The molecule has 3 nitrogen and oxygen atoms in total. The average Bonchev–Trinajstić information content (AvgIpc) is 3.44. The van der Waals surface area contributed by atoms with Gasteiger partial charge in [-0.1, -0.05) is 120 Å². The SMILES string of the molecule is CC(C)c1cccc(-c2cccc(-c3cccc4oc(-c5ccccc5N=Cc5cccc(C(C)(C)C)c5)nc34)c2)c1. The molecule has 0 aliphatic rings. The number of para-hydroxylation sites is 2. The molecule has 0 bridgehead atoms. The Bertz CT molecular complexity index is 1900. The van der Waals surface area contributed by atoms with Crippen LogP contribution in [0.4, 0.5) is 5.69 Å². The van der Waals surface area contributed by atoms with Crippen molar-refractivity contribution in [1.29, 1.82) is 0 Å². The van der Waals surface area contributed by atoms with Gasteiger partial charge >= 0.3 is 0 Å². The fourth-order valence-corrected chi connectivity index (χ4v) is 5.24. The van der Waals surface area contributed by atoms with Gasteiger partial charge in [-0.15, -0.1) is 0 Å². The Morgan fingerprint density at radius 1 is 0.690 bits per heavy atom. The fourth-order valence-electron chi connectivity index (χ4n) is 5.24. The van der Waals surface area contributed by atoms with Crippen LogP contribution in [-0.2, 0) is 5.41 Å². The van der Waals surface area contributed by atoms with Crippen molar-refractivity contribution in [1.82, 2.24) is 4.98 Å². The lowest BCUT2D eigenvalue weighted by atomic mass is 9.86. The van der Waals surface area contributed by atoms with E-state index in [1.807, 2.05) is 42.6 Å². The molecule has 0 N–H and O–H groups in total. The van der Waals surface area contributed by atoms with Gasteiger partial charge in [-0.3, -0.25) is 4.99 Å². The van der Waals surface area contributed by atoms with Crippen molar-refractivity contribution in [3.8, 4) is 33.7 Å². The highest BCUT2D eigenvalue weighted by Gasteiger charge is 2.16. The first kappa shape index (κ1) is 27.4. The van der Waals surface area contributed by atoms with Crippen molar-refractivity contribution < 1.29 is 4.42 Å². The summed E-state index contributed by atoms with van der Waals surface area (Å²) in [5.41, 5.74) is 11.6. The molecule has 3 heteroatoms. The molecule has 0 saturated heterocycles. The maximum atomic E-state index is 6.34. The van der Waals surface area contributed by atoms with Crippen molar-refractivity contribution in [3.05, 3.63) is 132 Å². The summed E-state index contributed by atoms with van der Waals surface area (Å²) in [7, 11) is 0. The Balaban J connectivity index is 1.37. The van der Waals surface area contributed by atoms with Crippen LogP contribution in [0, 0.1) is 0 Å². The molecule has 0 spiro atoms. The second kappa shape index (κ2) is 11.3. The molecule has 0 atom stereocenters. The Labute approximate surface area is 248 Å². The molecule has 0 aliphatic heterocycles. The van der Waals surface area contributed by atoms with Crippen LogP contribution in [-0.4, -0.2) is 11.2 Å². The topological polar surface area (TPSA) is 38.4 Å². The lowest BCUT2D eigenvalue weighted by Crippen LogP contribution is -2.11. The van der Waals surface area contributed by atoms with Crippen LogP contribution in [0.15, 0.2) is 125 Å². The molecule has 0 radical (unpaired) electrons. The third kappa shape index (κ3) is 5.69. The normalized spacial score (nSPS) is 12.0. The number of nitrogens with zero attached hydrogens (tertiary/aromatic N) is 2. The largest absolute Gasteiger partial charge is 0.436 e. The zero-order valence-corrected chi connectivity index (χ0v) is 24.9.